The molecule has 3 nitrogen and oxygen atoms in total. The Morgan fingerprint density at radius 1 is 0.677 bits per heavy atom. The van der Waals surface area contributed by atoms with Crippen LogP contribution in [0.3, 0.4) is 0 Å². The van der Waals surface area contributed by atoms with Gasteiger partial charge in [0.2, 0.25) is 0 Å². The molecule has 0 saturated heterocycles. The van der Waals surface area contributed by atoms with Crippen molar-refractivity contribution in [3.8, 4) is 5.75 Å². The van der Waals surface area contributed by atoms with E-state index in [1.807, 2.05) is 12.1 Å². The highest BCUT2D eigenvalue weighted by Gasteiger charge is 2.19. The second-order valence-corrected chi connectivity index (χ2v) is 9.05. The van der Waals surface area contributed by atoms with Crippen LogP contribution >= 0.6 is 0 Å². The van der Waals surface area contributed by atoms with E-state index in [4.69, 9.17) is 4.74 Å². The number of carbonyl (C=O) groups excluding carboxylic acids is 1. The number of esters is 1. The zero-order chi connectivity index (χ0) is 22.7. The fraction of sp³-hybridized carbons (Fsp3) is 0.750. The lowest BCUT2D eigenvalue weighted by molar-refractivity contribution is 0.0596. The van der Waals surface area contributed by atoms with Gasteiger partial charge in [0.05, 0.1) is 7.11 Å². The number of phenolic OH excluding ortho intramolecular Hbond substituents is 1. The number of hydrogen-bond acceptors (Lipinski definition) is 3. The second-order valence-electron chi connectivity index (χ2n) is 9.05. The number of ether oxygens (including phenoxy) is 1. The van der Waals surface area contributed by atoms with Crippen molar-refractivity contribution in [1.29, 1.82) is 0 Å². The SMILES string of the molecule is CCCCCCCCCCc1ccc(CCCCCCCCCC)c(C(=O)OC)c1O. The van der Waals surface area contributed by atoms with Gasteiger partial charge in [-0.3, -0.25) is 0 Å². The third kappa shape index (κ3) is 11.6. The Morgan fingerprint density at radius 2 is 1.06 bits per heavy atom. The summed E-state index contributed by atoms with van der Waals surface area (Å²) in [4.78, 5) is 12.4. The van der Waals surface area contributed by atoms with Crippen LogP contribution in [0.25, 0.3) is 0 Å². The van der Waals surface area contributed by atoms with E-state index in [1.54, 1.807) is 0 Å². The van der Waals surface area contributed by atoms with Crippen molar-refractivity contribution in [2.75, 3.05) is 7.11 Å². The molecule has 1 N–H and O–H groups in total. The maximum Gasteiger partial charge on any atom is 0.341 e. The second kappa shape index (κ2) is 18.1. The summed E-state index contributed by atoms with van der Waals surface area (Å²) >= 11 is 0. The van der Waals surface area contributed by atoms with E-state index in [1.165, 1.54) is 97.0 Å². The van der Waals surface area contributed by atoms with Crippen LogP contribution in [0.15, 0.2) is 12.1 Å². The van der Waals surface area contributed by atoms with Gasteiger partial charge in [-0.2, -0.15) is 0 Å². The molecule has 0 aliphatic carbocycles. The van der Waals surface area contributed by atoms with Gasteiger partial charge < -0.3 is 9.84 Å². The predicted octanol–water partition coefficient (Wildman–Crippen LogP) is 8.55. The Labute approximate surface area is 192 Å². The summed E-state index contributed by atoms with van der Waals surface area (Å²) in [7, 11) is 1.40. The van der Waals surface area contributed by atoms with Gasteiger partial charge in [0, 0.05) is 0 Å². The smallest absolute Gasteiger partial charge is 0.341 e. The summed E-state index contributed by atoms with van der Waals surface area (Å²) in [5.74, 6) is -0.267. The number of rotatable bonds is 19. The number of aromatic hydroxyl groups is 1. The normalized spacial score (nSPS) is 11.1. The van der Waals surface area contributed by atoms with Gasteiger partial charge in [0.1, 0.15) is 11.3 Å². The van der Waals surface area contributed by atoms with Gasteiger partial charge in [0.15, 0.2) is 0 Å². The van der Waals surface area contributed by atoms with E-state index >= 15 is 0 Å². The Balaban J connectivity index is 2.48. The highest BCUT2D eigenvalue weighted by molar-refractivity contribution is 5.94. The van der Waals surface area contributed by atoms with Crippen molar-refractivity contribution in [1.82, 2.24) is 0 Å². The summed E-state index contributed by atoms with van der Waals surface area (Å²) in [5, 5.41) is 10.8. The molecule has 31 heavy (non-hydrogen) atoms. The summed E-state index contributed by atoms with van der Waals surface area (Å²) in [6.07, 6.45) is 21.8. The van der Waals surface area contributed by atoms with Gasteiger partial charge in [-0.25, -0.2) is 4.79 Å². The molecule has 1 rings (SSSR count). The number of unbranched alkanes of at least 4 members (excludes halogenated alkanes) is 14. The molecular formula is C28H48O3. The number of methoxy groups -OCH3 is 1. The Kier molecular flexibility index (Phi) is 16.1. The quantitative estimate of drug-likeness (QED) is 0.176. The van der Waals surface area contributed by atoms with Crippen molar-refractivity contribution in [2.45, 2.75) is 129 Å². The average molecular weight is 433 g/mol. The van der Waals surface area contributed by atoms with Crippen molar-refractivity contribution >= 4 is 5.97 Å². The third-order valence-electron chi connectivity index (χ3n) is 6.34. The summed E-state index contributed by atoms with van der Waals surface area (Å²) in [6, 6.07) is 4.05. The van der Waals surface area contributed by atoms with Crippen molar-refractivity contribution < 1.29 is 14.6 Å². The lowest BCUT2D eigenvalue weighted by atomic mass is 9.94. The first kappa shape index (κ1) is 27.5. The minimum atomic E-state index is -0.412. The van der Waals surface area contributed by atoms with Gasteiger partial charge in [0.25, 0.3) is 0 Å². The third-order valence-corrected chi connectivity index (χ3v) is 6.34. The highest BCUT2D eigenvalue weighted by Crippen LogP contribution is 2.30. The minimum absolute atomic E-state index is 0.145. The summed E-state index contributed by atoms with van der Waals surface area (Å²) in [6.45, 7) is 4.49. The fourth-order valence-electron chi connectivity index (χ4n) is 4.31. The topological polar surface area (TPSA) is 46.5 Å². The van der Waals surface area contributed by atoms with Gasteiger partial charge >= 0.3 is 5.97 Å². The minimum Gasteiger partial charge on any atom is -0.507 e. The van der Waals surface area contributed by atoms with E-state index in [0.29, 0.717) is 5.56 Å². The number of aryl methyl sites for hydroxylation is 2. The first-order valence-corrected chi connectivity index (χ1v) is 13.1. The molecule has 0 unspecified atom stereocenters. The molecule has 0 heterocycles. The molecule has 0 aliphatic rings. The van der Waals surface area contributed by atoms with Crippen LogP contribution in [0.5, 0.6) is 5.75 Å². The molecule has 0 bridgehead atoms. The summed E-state index contributed by atoms with van der Waals surface area (Å²) < 4.78 is 4.99. The molecule has 178 valence electrons. The molecule has 1 aromatic rings. The van der Waals surface area contributed by atoms with E-state index < -0.39 is 5.97 Å². The molecule has 0 aromatic heterocycles. The lowest BCUT2D eigenvalue weighted by Gasteiger charge is -2.14. The highest BCUT2D eigenvalue weighted by atomic mass is 16.5. The zero-order valence-corrected chi connectivity index (χ0v) is 20.6. The molecule has 1 aromatic carbocycles. The lowest BCUT2D eigenvalue weighted by Crippen LogP contribution is -2.08. The fourth-order valence-corrected chi connectivity index (χ4v) is 4.31. The number of hydrogen-bond donors (Lipinski definition) is 1. The van der Waals surface area contributed by atoms with Gasteiger partial charge in [-0.1, -0.05) is 116 Å². The van der Waals surface area contributed by atoms with Crippen LogP contribution in [0.4, 0.5) is 0 Å². The van der Waals surface area contributed by atoms with E-state index in [9.17, 15) is 9.90 Å². The predicted molar refractivity (Wildman–Crippen MR) is 132 cm³/mol. The van der Waals surface area contributed by atoms with Crippen LogP contribution in [0.1, 0.15) is 138 Å². The Hall–Kier alpha value is -1.51. The summed E-state index contributed by atoms with van der Waals surface area (Å²) in [5.41, 5.74) is 2.20. The molecule has 0 aliphatic heterocycles. The average Bonchev–Trinajstić information content (AvgIpc) is 2.78. The number of carbonyl (C=O) groups is 1. The van der Waals surface area contributed by atoms with Crippen LogP contribution in [0, 0.1) is 0 Å². The molecule has 0 saturated carbocycles. The van der Waals surface area contributed by atoms with E-state index in [-0.39, 0.29) is 5.75 Å². The molecule has 3 heteroatoms. The monoisotopic (exact) mass is 432 g/mol. The zero-order valence-electron chi connectivity index (χ0n) is 20.6. The maximum absolute atomic E-state index is 12.4. The van der Waals surface area contributed by atoms with Gasteiger partial charge in [-0.05, 0) is 36.8 Å². The van der Waals surface area contributed by atoms with Gasteiger partial charge in [-0.15, -0.1) is 0 Å². The molecule has 0 atom stereocenters. The van der Waals surface area contributed by atoms with Crippen molar-refractivity contribution in [3.05, 3.63) is 28.8 Å². The van der Waals surface area contributed by atoms with Crippen LogP contribution < -0.4 is 0 Å². The number of phenols is 1. The molecule has 0 spiro atoms. The Bertz CT molecular complexity index is 594. The molecule has 0 amide bonds. The van der Waals surface area contributed by atoms with Crippen molar-refractivity contribution in [2.24, 2.45) is 0 Å². The first-order valence-electron chi connectivity index (χ1n) is 13.1. The van der Waals surface area contributed by atoms with Crippen LogP contribution in [-0.2, 0) is 17.6 Å². The van der Waals surface area contributed by atoms with Crippen LogP contribution in [0.2, 0.25) is 0 Å². The standard InChI is InChI=1S/C28H48O3/c1-4-6-8-10-12-14-16-18-20-24-22-23-25(27(29)26(24)28(30)31-3)21-19-17-15-13-11-9-7-5-2/h22-23,29H,4-21H2,1-3H3. The van der Waals surface area contributed by atoms with E-state index in [2.05, 4.69) is 13.8 Å². The molecule has 0 fully saturated rings. The largest absolute Gasteiger partial charge is 0.507 e. The van der Waals surface area contributed by atoms with E-state index in [0.717, 1.165) is 36.8 Å². The molecule has 0 radical (unpaired) electrons. The first-order chi connectivity index (χ1) is 15.2. The Morgan fingerprint density at radius 3 is 1.52 bits per heavy atom. The molecular weight excluding hydrogens is 384 g/mol. The maximum atomic E-state index is 12.4. The number of benzene rings is 1. The van der Waals surface area contributed by atoms with Crippen molar-refractivity contribution in [3.63, 3.8) is 0 Å². The van der Waals surface area contributed by atoms with Crippen LogP contribution in [-0.4, -0.2) is 18.2 Å².